The van der Waals surface area contributed by atoms with E-state index >= 15 is 0 Å². The summed E-state index contributed by atoms with van der Waals surface area (Å²) in [5, 5.41) is 0. The fourth-order valence-corrected chi connectivity index (χ4v) is 3.56. The summed E-state index contributed by atoms with van der Waals surface area (Å²) >= 11 is 0. The second kappa shape index (κ2) is 7.79. The lowest BCUT2D eigenvalue weighted by molar-refractivity contribution is 0.101. The van der Waals surface area contributed by atoms with Gasteiger partial charge in [-0.1, -0.05) is 66.6 Å². The highest BCUT2D eigenvalue weighted by molar-refractivity contribution is 5.94. The highest BCUT2D eigenvalue weighted by Gasteiger charge is 2.18. The summed E-state index contributed by atoms with van der Waals surface area (Å²) in [6.07, 6.45) is 2.23. The van der Waals surface area contributed by atoms with Crippen LogP contribution in [0.5, 0.6) is 0 Å². The van der Waals surface area contributed by atoms with Crippen molar-refractivity contribution in [3.63, 3.8) is 0 Å². The molecule has 0 N–H and O–H groups in total. The second-order valence-corrected chi connectivity index (χ2v) is 6.91. The third-order valence-electron chi connectivity index (χ3n) is 5.18. The van der Waals surface area contributed by atoms with Gasteiger partial charge in [0.05, 0.1) is 0 Å². The van der Waals surface area contributed by atoms with Crippen molar-refractivity contribution < 1.29 is 4.79 Å². The van der Waals surface area contributed by atoms with Crippen molar-refractivity contribution >= 4 is 11.4 Å². The second-order valence-electron chi connectivity index (χ2n) is 6.91. The zero-order valence-corrected chi connectivity index (χ0v) is 15.5. The van der Waals surface area contributed by atoms with Crippen molar-refractivity contribution in [1.29, 1.82) is 0 Å². The Kier molecular flexibility index (Phi) is 5.50. The Morgan fingerprint density at radius 1 is 0.880 bits per heavy atom. The first-order valence-corrected chi connectivity index (χ1v) is 9.21. The normalized spacial score (nSPS) is 15.2. The first-order chi connectivity index (χ1) is 12.1. The molecule has 1 saturated heterocycles. The van der Waals surface area contributed by atoms with Crippen LogP contribution in [0, 0.1) is 6.92 Å². The molecule has 0 saturated carbocycles. The number of piperidine rings is 1. The summed E-state index contributed by atoms with van der Waals surface area (Å²) in [4.78, 5) is 14.1. The van der Waals surface area contributed by atoms with Crippen LogP contribution in [-0.4, -0.2) is 30.3 Å². The van der Waals surface area contributed by atoms with Gasteiger partial charge in [0.15, 0.2) is 5.78 Å². The Hall–Kier alpha value is -2.19. The number of likely N-dealkylation sites (tertiary alicyclic amines) is 1. The average Bonchev–Trinajstić information content (AvgIpc) is 2.64. The van der Waals surface area contributed by atoms with Crippen LogP contribution in [0.1, 0.15) is 53.7 Å². The number of nitrogens with zero attached hydrogens (tertiary/aromatic N) is 1. The fraction of sp³-hybridized carbons (Fsp3) is 0.348. The van der Waals surface area contributed by atoms with Gasteiger partial charge in [-0.25, -0.2) is 0 Å². The lowest BCUT2D eigenvalue weighted by Crippen LogP contribution is -2.30. The van der Waals surface area contributed by atoms with E-state index in [2.05, 4.69) is 55.1 Å². The maximum absolute atomic E-state index is 11.6. The third-order valence-corrected chi connectivity index (χ3v) is 5.18. The molecular formula is C23H27NO. The van der Waals surface area contributed by atoms with E-state index in [4.69, 9.17) is 0 Å². The molecule has 2 heteroatoms. The van der Waals surface area contributed by atoms with Crippen molar-refractivity contribution in [3.05, 3.63) is 76.4 Å². The Labute approximate surface area is 151 Å². The molecule has 25 heavy (non-hydrogen) atoms. The molecule has 0 spiro atoms. The molecule has 1 aliphatic rings. The molecule has 0 unspecified atom stereocenters. The largest absolute Gasteiger partial charge is 0.303 e. The molecule has 0 bridgehead atoms. The Balaban J connectivity index is 2.03. The van der Waals surface area contributed by atoms with Crippen LogP contribution in [0.2, 0.25) is 0 Å². The summed E-state index contributed by atoms with van der Waals surface area (Å²) in [7, 11) is 0. The van der Waals surface area contributed by atoms with Gasteiger partial charge < -0.3 is 4.90 Å². The van der Waals surface area contributed by atoms with Crippen molar-refractivity contribution in [2.75, 3.05) is 19.6 Å². The Morgan fingerprint density at radius 3 is 1.84 bits per heavy atom. The minimum absolute atomic E-state index is 0.118. The van der Waals surface area contributed by atoms with E-state index in [1.165, 1.54) is 27.8 Å². The lowest BCUT2D eigenvalue weighted by atomic mass is 9.87. The minimum Gasteiger partial charge on any atom is -0.303 e. The maximum Gasteiger partial charge on any atom is 0.159 e. The number of carbonyl (C=O) groups is 1. The predicted octanol–water partition coefficient (Wildman–Crippen LogP) is 5.12. The van der Waals surface area contributed by atoms with E-state index in [0.717, 1.165) is 38.0 Å². The molecule has 2 aromatic rings. The number of aryl methyl sites for hydroxylation is 1. The van der Waals surface area contributed by atoms with Crippen LogP contribution in [-0.2, 0) is 0 Å². The molecule has 130 valence electrons. The Bertz CT molecular complexity index is 759. The number of hydrogen-bond acceptors (Lipinski definition) is 2. The van der Waals surface area contributed by atoms with Gasteiger partial charge in [0.1, 0.15) is 0 Å². The highest BCUT2D eigenvalue weighted by Crippen LogP contribution is 2.32. The highest BCUT2D eigenvalue weighted by atomic mass is 16.1. The van der Waals surface area contributed by atoms with Gasteiger partial charge in [0.2, 0.25) is 0 Å². The number of rotatable bonds is 4. The van der Waals surface area contributed by atoms with Crippen LogP contribution >= 0.6 is 0 Å². The lowest BCUT2D eigenvalue weighted by Gasteiger charge is -2.29. The fourth-order valence-electron chi connectivity index (χ4n) is 3.56. The van der Waals surface area contributed by atoms with Gasteiger partial charge in [0, 0.05) is 18.7 Å². The van der Waals surface area contributed by atoms with Crippen LogP contribution in [0.4, 0.5) is 0 Å². The Morgan fingerprint density at radius 2 is 1.36 bits per heavy atom. The van der Waals surface area contributed by atoms with Crippen molar-refractivity contribution in [2.45, 2.75) is 33.6 Å². The smallest absolute Gasteiger partial charge is 0.159 e. The zero-order chi connectivity index (χ0) is 17.8. The standard InChI is InChI=1S/C23H27NO/c1-4-24-15-13-22(14-16-24)23(20-7-5-17(2)6-8-20)21-11-9-19(10-12-21)18(3)25/h5-12H,4,13-16H2,1-3H3. The molecule has 1 heterocycles. The molecule has 0 atom stereocenters. The van der Waals surface area contributed by atoms with Crippen LogP contribution < -0.4 is 0 Å². The molecule has 1 fully saturated rings. The molecule has 2 aromatic carbocycles. The summed E-state index contributed by atoms with van der Waals surface area (Å²) in [5.74, 6) is 0.118. The van der Waals surface area contributed by atoms with Crippen LogP contribution in [0.3, 0.4) is 0 Å². The number of carbonyl (C=O) groups excluding carboxylic acids is 1. The van der Waals surface area contributed by atoms with Crippen LogP contribution in [0.15, 0.2) is 54.1 Å². The summed E-state index contributed by atoms with van der Waals surface area (Å²) < 4.78 is 0. The first kappa shape index (κ1) is 17.6. The first-order valence-electron chi connectivity index (χ1n) is 9.21. The zero-order valence-electron chi connectivity index (χ0n) is 15.5. The van der Waals surface area contributed by atoms with Gasteiger partial charge in [-0.15, -0.1) is 0 Å². The summed E-state index contributed by atoms with van der Waals surface area (Å²) in [6.45, 7) is 9.36. The van der Waals surface area contributed by atoms with E-state index in [9.17, 15) is 4.79 Å². The molecule has 1 aliphatic heterocycles. The van der Waals surface area contributed by atoms with Crippen molar-refractivity contribution in [1.82, 2.24) is 4.90 Å². The van der Waals surface area contributed by atoms with E-state index in [0.29, 0.717) is 0 Å². The van der Waals surface area contributed by atoms with Crippen molar-refractivity contribution in [2.24, 2.45) is 0 Å². The topological polar surface area (TPSA) is 20.3 Å². The van der Waals surface area contributed by atoms with E-state index < -0.39 is 0 Å². The van der Waals surface area contributed by atoms with Gasteiger partial charge in [-0.05, 0) is 49.9 Å². The molecule has 0 amide bonds. The summed E-state index contributed by atoms with van der Waals surface area (Å²) in [5.41, 5.74) is 7.43. The molecule has 0 radical (unpaired) electrons. The van der Waals surface area contributed by atoms with Crippen molar-refractivity contribution in [3.8, 4) is 0 Å². The molecule has 0 aliphatic carbocycles. The minimum atomic E-state index is 0.118. The monoisotopic (exact) mass is 333 g/mol. The molecule has 2 nitrogen and oxygen atoms in total. The SMILES string of the molecule is CCN1CCC(=C(c2ccc(C)cc2)c2ccc(C(C)=O)cc2)CC1. The average molecular weight is 333 g/mol. The summed E-state index contributed by atoms with van der Waals surface area (Å²) in [6, 6.07) is 16.9. The maximum atomic E-state index is 11.6. The predicted molar refractivity (Wildman–Crippen MR) is 105 cm³/mol. The van der Waals surface area contributed by atoms with E-state index in [1.54, 1.807) is 6.92 Å². The number of Topliss-reactive ketones (excluding diaryl/α,β-unsaturated/α-hetero) is 1. The van der Waals surface area contributed by atoms with Gasteiger partial charge in [0.25, 0.3) is 0 Å². The number of hydrogen-bond donors (Lipinski definition) is 0. The van der Waals surface area contributed by atoms with Gasteiger partial charge in [-0.2, -0.15) is 0 Å². The molecular weight excluding hydrogens is 306 g/mol. The van der Waals surface area contributed by atoms with E-state index in [-0.39, 0.29) is 5.78 Å². The quantitative estimate of drug-likeness (QED) is 0.724. The van der Waals surface area contributed by atoms with Gasteiger partial charge >= 0.3 is 0 Å². The molecule has 0 aromatic heterocycles. The van der Waals surface area contributed by atoms with Crippen LogP contribution in [0.25, 0.3) is 5.57 Å². The van der Waals surface area contributed by atoms with E-state index in [1.807, 2.05) is 12.1 Å². The third kappa shape index (κ3) is 4.08. The molecule has 3 rings (SSSR count). The number of ketones is 1. The van der Waals surface area contributed by atoms with Gasteiger partial charge in [-0.3, -0.25) is 4.79 Å². The number of benzene rings is 2.